The third kappa shape index (κ3) is 4.02. The van der Waals surface area contributed by atoms with Gasteiger partial charge >= 0.3 is 6.18 Å². The van der Waals surface area contributed by atoms with Gasteiger partial charge in [0, 0.05) is 5.56 Å². The first-order valence-corrected chi connectivity index (χ1v) is 9.29. The average Bonchev–Trinajstić information content (AvgIpc) is 3.24. The van der Waals surface area contributed by atoms with E-state index < -0.39 is 39.5 Å². The van der Waals surface area contributed by atoms with Gasteiger partial charge in [-0.15, -0.1) is 0 Å². The molecule has 0 unspecified atom stereocenters. The molecule has 0 fully saturated rings. The van der Waals surface area contributed by atoms with Gasteiger partial charge in [-0.1, -0.05) is 17.7 Å². The van der Waals surface area contributed by atoms with Crippen molar-refractivity contribution in [3.05, 3.63) is 81.5 Å². The number of aromatic nitrogens is 3. The van der Waals surface area contributed by atoms with Crippen molar-refractivity contribution in [3.63, 3.8) is 0 Å². The van der Waals surface area contributed by atoms with Crippen LogP contribution < -0.4 is 10.9 Å². The number of nitrogens with one attached hydrogen (secondary N) is 1. The van der Waals surface area contributed by atoms with Crippen LogP contribution in [0.4, 0.5) is 18.9 Å². The monoisotopic (exact) mass is 464 g/mol. The summed E-state index contributed by atoms with van der Waals surface area (Å²) in [5, 5.41) is 11.4. The molecule has 2 N–H and O–H groups in total. The molecule has 2 heterocycles. The molecule has 8 nitrogen and oxygen atoms in total. The number of phenols is 1. The zero-order valence-electron chi connectivity index (χ0n) is 15.9. The molecule has 12 heteroatoms. The predicted octanol–water partition coefficient (Wildman–Crippen LogP) is 4.06. The summed E-state index contributed by atoms with van der Waals surface area (Å²) in [7, 11) is 0. The average molecular weight is 465 g/mol. The molecule has 0 aliphatic carbocycles. The molecule has 164 valence electrons. The van der Waals surface area contributed by atoms with Gasteiger partial charge in [0.25, 0.3) is 11.5 Å². The minimum absolute atomic E-state index is 0.0391. The number of oxazole rings is 1. The Labute approximate surface area is 181 Å². The van der Waals surface area contributed by atoms with Crippen molar-refractivity contribution in [1.82, 2.24) is 14.5 Å². The number of amides is 1. The molecule has 2 aromatic carbocycles. The SMILES string of the molecule is O=C(Nc1cccc2ncn(Cc3cocn3)c(=O)c12)c1cc(Cl)c(O)c(C(F)(F)F)c1. The van der Waals surface area contributed by atoms with E-state index in [2.05, 4.69) is 15.3 Å². The first-order valence-electron chi connectivity index (χ1n) is 8.91. The number of rotatable bonds is 4. The van der Waals surface area contributed by atoms with Gasteiger partial charge in [-0.25, -0.2) is 9.97 Å². The fourth-order valence-corrected chi connectivity index (χ4v) is 3.27. The summed E-state index contributed by atoms with van der Waals surface area (Å²) in [5.74, 6) is -2.14. The predicted molar refractivity (Wildman–Crippen MR) is 108 cm³/mol. The molecule has 32 heavy (non-hydrogen) atoms. The molecule has 0 radical (unpaired) electrons. The van der Waals surface area contributed by atoms with E-state index in [-0.39, 0.29) is 23.1 Å². The minimum Gasteiger partial charge on any atom is -0.506 e. The third-order valence-electron chi connectivity index (χ3n) is 4.55. The van der Waals surface area contributed by atoms with E-state index in [9.17, 15) is 27.9 Å². The zero-order chi connectivity index (χ0) is 23.0. The van der Waals surface area contributed by atoms with Gasteiger partial charge in [0.05, 0.1) is 45.7 Å². The maximum absolute atomic E-state index is 13.1. The number of alkyl halides is 3. The normalized spacial score (nSPS) is 11.6. The van der Waals surface area contributed by atoms with Crippen LogP contribution in [-0.4, -0.2) is 25.5 Å². The lowest BCUT2D eigenvalue weighted by molar-refractivity contribution is -0.138. The van der Waals surface area contributed by atoms with Crippen molar-refractivity contribution < 1.29 is 27.5 Å². The van der Waals surface area contributed by atoms with Crippen molar-refractivity contribution >= 4 is 34.1 Å². The quantitative estimate of drug-likeness (QED) is 0.471. The summed E-state index contributed by atoms with van der Waals surface area (Å²) in [5.41, 5.74) is -1.64. The summed E-state index contributed by atoms with van der Waals surface area (Å²) in [6.45, 7) is 0.0586. The summed E-state index contributed by atoms with van der Waals surface area (Å²) in [6, 6.07) is 5.86. The molecule has 0 spiro atoms. The third-order valence-corrected chi connectivity index (χ3v) is 4.84. The van der Waals surface area contributed by atoms with Crippen LogP contribution in [0.1, 0.15) is 21.6 Å². The van der Waals surface area contributed by atoms with Crippen LogP contribution in [0.2, 0.25) is 5.02 Å². The number of carbonyl (C=O) groups is 1. The van der Waals surface area contributed by atoms with E-state index in [1.165, 1.54) is 35.7 Å². The Bertz CT molecular complexity index is 1380. The Morgan fingerprint density at radius 1 is 1.25 bits per heavy atom. The van der Waals surface area contributed by atoms with E-state index in [1.807, 2.05) is 0 Å². The van der Waals surface area contributed by atoms with Gasteiger partial charge in [-0.2, -0.15) is 13.2 Å². The molecule has 0 atom stereocenters. The lowest BCUT2D eigenvalue weighted by Crippen LogP contribution is -2.23. The number of anilines is 1. The molecule has 4 rings (SSSR count). The van der Waals surface area contributed by atoms with Crippen LogP contribution in [0.5, 0.6) is 5.75 Å². The van der Waals surface area contributed by atoms with Crippen molar-refractivity contribution in [2.75, 3.05) is 5.32 Å². The first-order chi connectivity index (χ1) is 15.1. The van der Waals surface area contributed by atoms with Crippen LogP contribution >= 0.6 is 11.6 Å². The molecule has 0 bridgehead atoms. The fourth-order valence-electron chi connectivity index (χ4n) is 3.05. The van der Waals surface area contributed by atoms with Crippen molar-refractivity contribution in [3.8, 4) is 5.75 Å². The van der Waals surface area contributed by atoms with E-state index >= 15 is 0 Å². The number of phenolic OH excluding ortho intramolecular Hbond substituents is 1. The van der Waals surface area contributed by atoms with Crippen LogP contribution in [0.15, 0.2) is 58.5 Å². The molecule has 0 aliphatic rings. The second-order valence-corrected chi connectivity index (χ2v) is 7.07. The van der Waals surface area contributed by atoms with Crippen molar-refractivity contribution in [1.29, 1.82) is 0 Å². The highest BCUT2D eigenvalue weighted by molar-refractivity contribution is 6.32. The van der Waals surface area contributed by atoms with E-state index in [0.29, 0.717) is 11.8 Å². The lowest BCUT2D eigenvalue weighted by atomic mass is 10.1. The number of hydrogen-bond donors (Lipinski definition) is 2. The number of halogens is 4. The summed E-state index contributed by atoms with van der Waals surface area (Å²) < 4.78 is 45.6. The first kappa shape index (κ1) is 21.4. The second-order valence-electron chi connectivity index (χ2n) is 6.66. The van der Waals surface area contributed by atoms with Crippen LogP contribution in [0.25, 0.3) is 10.9 Å². The largest absolute Gasteiger partial charge is 0.506 e. The van der Waals surface area contributed by atoms with Gasteiger partial charge in [0.15, 0.2) is 6.39 Å². The summed E-state index contributed by atoms with van der Waals surface area (Å²) in [6.07, 6.45) is -1.06. The van der Waals surface area contributed by atoms with Gasteiger partial charge in [-0.3, -0.25) is 14.2 Å². The van der Waals surface area contributed by atoms with Gasteiger partial charge < -0.3 is 14.8 Å². The maximum Gasteiger partial charge on any atom is 0.420 e. The Balaban J connectivity index is 1.74. The Hall–Kier alpha value is -3.86. The van der Waals surface area contributed by atoms with Crippen LogP contribution in [-0.2, 0) is 12.7 Å². The van der Waals surface area contributed by atoms with Crippen LogP contribution in [0.3, 0.4) is 0 Å². The molecular weight excluding hydrogens is 453 g/mol. The highest BCUT2D eigenvalue weighted by Gasteiger charge is 2.36. The van der Waals surface area contributed by atoms with Crippen molar-refractivity contribution in [2.24, 2.45) is 0 Å². The topological polar surface area (TPSA) is 110 Å². The van der Waals surface area contributed by atoms with E-state index in [1.54, 1.807) is 6.07 Å². The minimum atomic E-state index is -4.93. The maximum atomic E-state index is 13.1. The number of carbonyl (C=O) groups excluding carboxylic acids is 1. The smallest absolute Gasteiger partial charge is 0.420 e. The van der Waals surface area contributed by atoms with E-state index in [0.717, 1.165) is 6.07 Å². The molecule has 1 amide bonds. The Morgan fingerprint density at radius 3 is 2.72 bits per heavy atom. The molecule has 4 aromatic rings. The molecular formula is C20H12ClF3N4O4. The lowest BCUT2D eigenvalue weighted by Gasteiger charge is -2.13. The van der Waals surface area contributed by atoms with Gasteiger partial charge in [0.2, 0.25) is 0 Å². The van der Waals surface area contributed by atoms with Crippen LogP contribution in [0, 0.1) is 0 Å². The van der Waals surface area contributed by atoms with Crippen molar-refractivity contribution in [2.45, 2.75) is 12.7 Å². The fraction of sp³-hybridized carbons (Fsp3) is 0.100. The van der Waals surface area contributed by atoms with E-state index in [4.69, 9.17) is 16.0 Å². The standard InChI is InChI=1S/C20H12ClF3N4O4/c21-13-5-10(4-12(17(13)29)20(22,23)24)18(30)27-15-3-1-2-14-16(15)19(31)28(8-25-14)6-11-7-32-9-26-11/h1-5,7-9,29H,6H2,(H,27,30). The molecule has 2 aromatic heterocycles. The highest BCUT2D eigenvalue weighted by atomic mass is 35.5. The second kappa shape index (κ2) is 8.00. The Kier molecular flexibility index (Phi) is 5.35. The zero-order valence-corrected chi connectivity index (χ0v) is 16.6. The number of aromatic hydroxyl groups is 1. The Morgan fingerprint density at radius 2 is 2.03 bits per heavy atom. The molecule has 0 saturated carbocycles. The molecule has 0 saturated heterocycles. The summed E-state index contributed by atoms with van der Waals surface area (Å²) in [4.78, 5) is 33.8. The summed E-state index contributed by atoms with van der Waals surface area (Å²) >= 11 is 5.67. The number of nitrogens with zero attached hydrogens (tertiary/aromatic N) is 3. The number of hydrogen-bond acceptors (Lipinski definition) is 6. The molecule has 0 aliphatic heterocycles. The number of benzene rings is 2. The van der Waals surface area contributed by atoms with Gasteiger partial charge in [-0.05, 0) is 24.3 Å². The van der Waals surface area contributed by atoms with Gasteiger partial charge in [0.1, 0.15) is 12.0 Å². The number of fused-ring (bicyclic) bond motifs is 1. The highest BCUT2D eigenvalue weighted by Crippen LogP contribution is 2.40.